The Morgan fingerprint density at radius 3 is 2.94 bits per heavy atom. The van der Waals surface area contributed by atoms with E-state index in [1.807, 2.05) is 19.0 Å². The summed E-state index contributed by atoms with van der Waals surface area (Å²) in [6, 6.07) is 0.458. The van der Waals surface area contributed by atoms with Gasteiger partial charge in [-0.25, -0.2) is 9.67 Å². The van der Waals surface area contributed by atoms with Crippen LogP contribution in [0.25, 0.3) is 0 Å². The molecule has 0 aromatic carbocycles. The lowest BCUT2D eigenvalue weighted by atomic mass is 10.2. The molecule has 0 bridgehead atoms. The first-order valence-electron chi connectivity index (χ1n) is 5.65. The highest BCUT2D eigenvalue weighted by atomic mass is 16.2. The van der Waals surface area contributed by atoms with Crippen LogP contribution in [0.5, 0.6) is 0 Å². The van der Waals surface area contributed by atoms with Crippen molar-refractivity contribution < 1.29 is 4.79 Å². The topological polar surface area (TPSA) is 80.3 Å². The summed E-state index contributed by atoms with van der Waals surface area (Å²) in [5.74, 6) is 0.268. The van der Waals surface area contributed by atoms with Crippen LogP contribution in [-0.2, 0) is 11.3 Å². The van der Waals surface area contributed by atoms with Gasteiger partial charge < -0.3 is 15.5 Å². The molecule has 1 amide bonds. The van der Waals surface area contributed by atoms with Gasteiger partial charge in [-0.1, -0.05) is 0 Å². The van der Waals surface area contributed by atoms with Gasteiger partial charge in [-0.3, -0.25) is 4.79 Å². The quantitative estimate of drug-likeness (QED) is 0.732. The molecule has 1 aliphatic rings. The van der Waals surface area contributed by atoms with Crippen LogP contribution < -0.4 is 5.73 Å². The Balaban J connectivity index is 1.89. The number of carbonyl (C=O) groups excluding carboxylic acids is 1. The molecule has 94 valence electrons. The minimum atomic E-state index is 0.0688. The van der Waals surface area contributed by atoms with E-state index in [-0.39, 0.29) is 18.4 Å². The van der Waals surface area contributed by atoms with E-state index < -0.39 is 0 Å². The zero-order chi connectivity index (χ0) is 12.4. The zero-order valence-electron chi connectivity index (χ0n) is 10.2. The van der Waals surface area contributed by atoms with Crippen LogP contribution in [0.2, 0.25) is 0 Å². The van der Waals surface area contributed by atoms with Crippen LogP contribution >= 0.6 is 0 Å². The molecule has 0 radical (unpaired) electrons. The Labute approximate surface area is 100 Å². The number of hydrogen-bond acceptors (Lipinski definition) is 5. The first-order valence-corrected chi connectivity index (χ1v) is 5.65. The third-order valence-electron chi connectivity index (χ3n) is 3.10. The first-order chi connectivity index (χ1) is 8.06. The summed E-state index contributed by atoms with van der Waals surface area (Å²) < 4.78 is 1.47. The number of likely N-dealkylation sites (N-methyl/N-ethyl adjacent to an activating group) is 1. The van der Waals surface area contributed by atoms with Crippen molar-refractivity contribution in [2.75, 3.05) is 32.9 Å². The fourth-order valence-electron chi connectivity index (χ4n) is 2.01. The molecule has 0 aliphatic carbocycles. The summed E-state index contributed by atoms with van der Waals surface area (Å²) in [6.07, 6.45) is 2.50. The highest BCUT2D eigenvalue weighted by Crippen LogP contribution is 2.13. The van der Waals surface area contributed by atoms with Crippen LogP contribution in [0.3, 0.4) is 0 Å². The molecule has 17 heavy (non-hydrogen) atoms. The lowest BCUT2D eigenvalue weighted by Crippen LogP contribution is -2.36. The highest BCUT2D eigenvalue weighted by Gasteiger charge is 2.27. The second kappa shape index (κ2) is 4.70. The van der Waals surface area contributed by atoms with Crippen molar-refractivity contribution >= 4 is 11.9 Å². The summed E-state index contributed by atoms with van der Waals surface area (Å²) >= 11 is 0. The zero-order valence-corrected chi connectivity index (χ0v) is 10.2. The summed E-state index contributed by atoms with van der Waals surface area (Å²) in [7, 11) is 4.08. The van der Waals surface area contributed by atoms with Crippen LogP contribution in [0, 0.1) is 0 Å². The molecule has 2 N–H and O–H groups in total. The maximum Gasteiger partial charge on any atom is 0.244 e. The number of anilines is 1. The first kappa shape index (κ1) is 11.8. The molecule has 1 aliphatic heterocycles. The maximum atomic E-state index is 12.0. The van der Waals surface area contributed by atoms with Crippen molar-refractivity contribution in [2.45, 2.75) is 19.0 Å². The van der Waals surface area contributed by atoms with E-state index in [0.717, 1.165) is 19.5 Å². The largest absolute Gasteiger partial charge is 0.367 e. The standard InChI is InChI=1S/C10H18N6O/c1-14(2)8-3-4-15(5-8)9(17)6-16-7-12-10(11)13-16/h7-8H,3-6H2,1-2H3,(H2,11,13). The highest BCUT2D eigenvalue weighted by molar-refractivity contribution is 5.76. The molecule has 2 rings (SSSR count). The third-order valence-corrected chi connectivity index (χ3v) is 3.10. The van der Waals surface area contributed by atoms with Gasteiger partial charge in [-0.2, -0.15) is 0 Å². The van der Waals surface area contributed by atoms with E-state index in [4.69, 9.17) is 5.73 Å². The number of aromatic nitrogens is 3. The van der Waals surface area contributed by atoms with Crippen LogP contribution in [-0.4, -0.2) is 63.7 Å². The SMILES string of the molecule is CN(C)C1CCN(C(=O)Cn2cnc(N)n2)C1. The van der Waals surface area contributed by atoms with Gasteiger partial charge >= 0.3 is 0 Å². The van der Waals surface area contributed by atoms with Gasteiger partial charge in [0.1, 0.15) is 12.9 Å². The third kappa shape index (κ3) is 2.73. The lowest BCUT2D eigenvalue weighted by molar-refractivity contribution is -0.131. The minimum Gasteiger partial charge on any atom is -0.367 e. The molecule has 1 unspecified atom stereocenters. The minimum absolute atomic E-state index is 0.0688. The summed E-state index contributed by atoms with van der Waals surface area (Å²) in [5, 5.41) is 3.90. The second-order valence-corrected chi connectivity index (χ2v) is 4.55. The summed E-state index contributed by atoms with van der Waals surface area (Å²) in [6.45, 7) is 1.81. The molecule has 1 saturated heterocycles. The predicted octanol–water partition coefficient (Wildman–Crippen LogP) is -0.977. The van der Waals surface area contributed by atoms with E-state index >= 15 is 0 Å². The Morgan fingerprint density at radius 1 is 1.65 bits per heavy atom. The molecule has 1 aromatic heterocycles. The van der Waals surface area contributed by atoms with Gasteiger partial charge in [0.15, 0.2) is 0 Å². The Hall–Kier alpha value is -1.63. The van der Waals surface area contributed by atoms with Gasteiger partial charge in [0.2, 0.25) is 11.9 Å². The van der Waals surface area contributed by atoms with Crippen LogP contribution in [0.15, 0.2) is 6.33 Å². The molecule has 1 aromatic rings. The van der Waals surface area contributed by atoms with Crippen molar-refractivity contribution in [3.63, 3.8) is 0 Å². The normalized spacial score (nSPS) is 20.2. The smallest absolute Gasteiger partial charge is 0.244 e. The van der Waals surface area contributed by atoms with E-state index in [1.165, 1.54) is 11.0 Å². The van der Waals surface area contributed by atoms with Gasteiger partial charge in [0, 0.05) is 19.1 Å². The number of rotatable bonds is 3. The number of nitrogen functional groups attached to an aromatic ring is 1. The van der Waals surface area contributed by atoms with Gasteiger partial charge in [-0.05, 0) is 20.5 Å². The number of likely N-dealkylation sites (tertiary alicyclic amines) is 1. The van der Waals surface area contributed by atoms with Crippen molar-refractivity contribution in [3.05, 3.63) is 6.33 Å². The molecule has 2 heterocycles. The van der Waals surface area contributed by atoms with Gasteiger partial charge in [0.25, 0.3) is 0 Å². The average Bonchev–Trinajstić information content (AvgIpc) is 2.86. The van der Waals surface area contributed by atoms with Crippen LogP contribution in [0.1, 0.15) is 6.42 Å². The van der Waals surface area contributed by atoms with Crippen molar-refractivity contribution in [1.29, 1.82) is 0 Å². The lowest BCUT2D eigenvalue weighted by Gasteiger charge is -2.20. The fourth-order valence-corrected chi connectivity index (χ4v) is 2.01. The molecule has 7 heteroatoms. The number of nitrogens with two attached hydrogens (primary N) is 1. The molecule has 0 saturated carbocycles. The molecular formula is C10H18N6O. The van der Waals surface area contributed by atoms with E-state index in [1.54, 1.807) is 0 Å². The van der Waals surface area contributed by atoms with Gasteiger partial charge in [-0.15, -0.1) is 5.10 Å². The van der Waals surface area contributed by atoms with E-state index in [0.29, 0.717) is 6.04 Å². The molecule has 1 atom stereocenters. The van der Waals surface area contributed by atoms with Crippen LogP contribution in [0.4, 0.5) is 5.95 Å². The number of hydrogen-bond donors (Lipinski definition) is 1. The van der Waals surface area contributed by atoms with Gasteiger partial charge in [0.05, 0.1) is 0 Å². The molecule has 7 nitrogen and oxygen atoms in total. The molecule has 0 spiro atoms. The Morgan fingerprint density at radius 2 is 2.41 bits per heavy atom. The van der Waals surface area contributed by atoms with E-state index in [9.17, 15) is 4.79 Å². The predicted molar refractivity (Wildman–Crippen MR) is 63.1 cm³/mol. The maximum absolute atomic E-state index is 12.0. The molecular weight excluding hydrogens is 220 g/mol. The van der Waals surface area contributed by atoms with Crippen molar-refractivity contribution in [2.24, 2.45) is 0 Å². The second-order valence-electron chi connectivity index (χ2n) is 4.55. The number of amides is 1. The van der Waals surface area contributed by atoms with Crippen molar-refractivity contribution in [3.8, 4) is 0 Å². The molecule has 1 fully saturated rings. The average molecular weight is 238 g/mol. The summed E-state index contributed by atoms with van der Waals surface area (Å²) in [5.41, 5.74) is 5.39. The summed E-state index contributed by atoms with van der Waals surface area (Å²) in [4.78, 5) is 19.8. The fraction of sp³-hybridized carbons (Fsp3) is 0.700. The number of carbonyl (C=O) groups is 1. The van der Waals surface area contributed by atoms with Crippen molar-refractivity contribution in [1.82, 2.24) is 24.6 Å². The Bertz CT molecular complexity index is 401. The Kier molecular flexibility index (Phi) is 3.28. The van der Waals surface area contributed by atoms with E-state index in [2.05, 4.69) is 15.0 Å². The monoisotopic (exact) mass is 238 g/mol. The number of nitrogens with zero attached hydrogens (tertiary/aromatic N) is 5.